The van der Waals surface area contributed by atoms with Crippen LogP contribution in [0.4, 0.5) is 16.2 Å². The van der Waals surface area contributed by atoms with E-state index in [9.17, 15) is 4.79 Å². The monoisotopic (exact) mass is 680 g/mol. The van der Waals surface area contributed by atoms with Crippen molar-refractivity contribution in [3.63, 3.8) is 0 Å². The molecule has 52 heavy (non-hydrogen) atoms. The summed E-state index contributed by atoms with van der Waals surface area (Å²) in [6.45, 7) is 0. The van der Waals surface area contributed by atoms with Gasteiger partial charge in [-0.1, -0.05) is 0 Å². The van der Waals surface area contributed by atoms with Crippen LogP contribution in [0.15, 0.2) is 84.9 Å². The standard InChI is InChI=1S/C41H32N10O/c52-41(50-39-21-35-17-31-7-5-27(44-31)13-23-1-3-25(42-23)15-29-9-11-33(46-29)19-37(39)48-35)51-40-22-36-18-32-8-6-28(45-32)14-24-2-4-26(43-24)16-30-10-12-34(47-30)20-38(40)49-36/h1-22,42-49H,(H2,50,51,52). The van der Waals surface area contributed by atoms with E-state index < -0.39 is 0 Å². The highest BCUT2D eigenvalue weighted by molar-refractivity contribution is 6.00. The zero-order valence-corrected chi connectivity index (χ0v) is 27.6. The van der Waals surface area contributed by atoms with Crippen LogP contribution in [0.3, 0.4) is 0 Å². The van der Waals surface area contributed by atoms with Gasteiger partial charge in [0.15, 0.2) is 0 Å². The smallest absolute Gasteiger partial charge is 0.323 e. The van der Waals surface area contributed by atoms with Crippen LogP contribution in [-0.4, -0.2) is 45.9 Å². The van der Waals surface area contributed by atoms with Gasteiger partial charge in [-0.15, -0.1) is 0 Å². The quantitative estimate of drug-likeness (QED) is 0.130. The Labute approximate surface area is 294 Å². The largest absolute Gasteiger partial charge is 0.355 e. The van der Waals surface area contributed by atoms with Crippen LogP contribution in [0.2, 0.25) is 0 Å². The third-order valence-electron chi connectivity index (χ3n) is 9.09. The van der Waals surface area contributed by atoms with Gasteiger partial charge in [0.1, 0.15) is 0 Å². The van der Waals surface area contributed by atoms with E-state index in [1.165, 1.54) is 0 Å². The van der Waals surface area contributed by atoms with Gasteiger partial charge in [0.2, 0.25) is 0 Å². The minimum atomic E-state index is -0.378. The first-order valence-electron chi connectivity index (χ1n) is 16.9. The number of carbonyl (C=O) groups is 1. The Morgan fingerprint density at radius 3 is 0.942 bits per heavy atom. The Bertz CT molecular complexity index is 2960. The van der Waals surface area contributed by atoms with Gasteiger partial charge in [-0.25, -0.2) is 4.79 Å². The molecule has 2 aliphatic heterocycles. The molecule has 0 fully saturated rings. The summed E-state index contributed by atoms with van der Waals surface area (Å²) in [6.07, 6.45) is 16.3. The number of aromatic nitrogens is 8. The summed E-state index contributed by atoms with van der Waals surface area (Å²) >= 11 is 0. The molecule has 0 saturated carbocycles. The minimum Gasteiger partial charge on any atom is -0.355 e. The predicted molar refractivity (Wildman–Crippen MR) is 205 cm³/mol. The molecular formula is C41H32N10O. The molecule has 0 aromatic carbocycles. The third-order valence-corrected chi connectivity index (χ3v) is 9.09. The molecule has 8 aromatic heterocycles. The summed E-state index contributed by atoms with van der Waals surface area (Å²) in [6, 6.07) is 27.9. The van der Waals surface area contributed by atoms with E-state index in [2.05, 4.69) is 99.1 Å². The van der Waals surface area contributed by atoms with Gasteiger partial charge in [-0.05, 0) is 134 Å². The molecule has 0 unspecified atom stereocenters. The van der Waals surface area contributed by atoms with Crippen LogP contribution < -0.4 is 53.4 Å². The summed E-state index contributed by atoms with van der Waals surface area (Å²) in [4.78, 5) is 41.4. The van der Waals surface area contributed by atoms with Crippen molar-refractivity contribution < 1.29 is 4.79 Å². The second-order valence-electron chi connectivity index (χ2n) is 13.1. The van der Waals surface area contributed by atoms with Crippen molar-refractivity contribution >= 4 is 66.0 Å². The zero-order chi connectivity index (χ0) is 34.6. The highest BCUT2D eigenvalue weighted by Crippen LogP contribution is 2.09. The van der Waals surface area contributed by atoms with Gasteiger partial charge in [0.25, 0.3) is 0 Å². The van der Waals surface area contributed by atoms with Crippen molar-refractivity contribution in [1.29, 1.82) is 0 Å². The molecule has 8 aromatic rings. The van der Waals surface area contributed by atoms with E-state index in [0.29, 0.717) is 11.4 Å². The average molecular weight is 681 g/mol. The summed E-state index contributed by atoms with van der Waals surface area (Å²) in [7, 11) is 0. The number of carbonyl (C=O) groups excluding carboxylic acids is 1. The molecule has 16 bridgehead atoms. The molecule has 0 saturated heterocycles. The number of nitrogens with one attached hydrogen (secondary N) is 10. The predicted octanol–water partition coefficient (Wildman–Crippen LogP) is 1.21. The lowest BCUT2D eigenvalue weighted by atomic mass is 10.3. The van der Waals surface area contributed by atoms with Crippen LogP contribution in [0.1, 0.15) is 45.6 Å². The van der Waals surface area contributed by atoms with Crippen molar-refractivity contribution in [3.05, 3.63) is 173 Å². The maximum atomic E-state index is 13.8. The maximum Gasteiger partial charge on any atom is 0.323 e. The van der Waals surface area contributed by atoms with Gasteiger partial charge < -0.3 is 50.5 Å². The van der Waals surface area contributed by atoms with Gasteiger partial charge in [-0.3, -0.25) is 0 Å². The summed E-state index contributed by atoms with van der Waals surface area (Å²) in [5, 5.41) is 13.3. The molecule has 10 heterocycles. The van der Waals surface area contributed by atoms with Crippen LogP contribution in [0.25, 0.3) is 48.6 Å². The lowest BCUT2D eigenvalue weighted by molar-refractivity contribution is 0.262. The molecule has 10 rings (SSSR count). The van der Waals surface area contributed by atoms with Crippen molar-refractivity contribution in [2.75, 3.05) is 10.6 Å². The van der Waals surface area contributed by atoms with Gasteiger partial charge >= 0.3 is 6.03 Å². The fourth-order valence-corrected chi connectivity index (χ4v) is 6.75. The van der Waals surface area contributed by atoms with E-state index >= 15 is 0 Å². The van der Waals surface area contributed by atoms with Crippen molar-refractivity contribution in [3.8, 4) is 0 Å². The number of hydrogen-bond acceptors (Lipinski definition) is 1. The first-order chi connectivity index (χ1) is 25.5. The van der Waals surface area contributed by atoms with Crippen LogP contribution in [0.5, 0.6) is 0 Å². The fourth-order valence-electron chi connectivity index (χ4n) is 6.75. The number of aromatic amines is 8. The Morgan fingerprint density at radius 2 is 0.615 bits per heavy atom. The van der Waals surface area contributed by atoms with Crippen molar-refractivity contribution in [2.45, 2.75) is 0 Å². The summed E-state index contributed by atoms with van der Waals surface area (Å²) in [5.74, 6) is 0. The van der Waals surface area contributed by atoms with E-state index in [-0.39, 0.29) is 6.03 Å². The molecule has 11 nitrogen and oxygen atoms in total. The lowest BCUT2D eigenvalue weighted by Gasteiger charge is -2.05. The molecule has 2 amide bonds. The molecule has 252 valence electrons. The topological polar surface area (TPSA) is 167 Å². The normalized spacial score (nSPS) is 12.8. The first-order valence-corrected chi connectivity index (χ1v) is 16.9. The second-order valence-corrected chi connectivity index (χ2v) is 13.1. The number of amides is 2. The van der Waals surface area contributed by atoms with E-state index in [4.69, 9.17) is 0 Å². The van der Waals surface area contributed by atoms with E-state index in [1.807, 2.05) is 85.0 Å². The van der Waals surface area contributed by atoms with Gasteiger partial charge in [-0.2, -0.15) is 0 Å². The molecule has 0 radical (unpaired) electrons. The highest BCUT2D eigenvalue weighted by Gasteiger charge is 2.10. The molecule has 0 spiro atoms. The Morgan fingerprint density at radius 1 is 0.327 bits per heavy atom. The Kier molecular flexibility index (Phi) is 6.68. The fraction of sp³-hybridized carbons (Fsp3) is 0. The molecule has 0 atom stereocenters. The van der Waals surface area contributed by atoms with Gasteiger partial charge in [0, 0.05) is 77.6 Å². The van der Waals surface area contributed by atoms with E-state index in [0.717, 1.165) is 88.3 Å². The lowest BCUT2D eigenvalue weighted by Crippen LogP contribution is -2.25. The van der Waals surface area contributed by atoms with Crippen LogP contribution in [-0.2, 0) is 0 Å². The second kappa shape index (κ2) is 11.8. The Balaban J connectivity index is 1.02. The average Bonchev–Trinajstić information content (AvgIpc) is 3.95. The summed E-state index contributed by atoms with van der Waals surface area (Å²) in [5.41, 5.74) is 8.74. The van der Waals surface area contributed by atoms with Crippen molar-refractivity contribution in [1.82, 2.24) is 39.9 Å². The van der Waals surface area contributed by atoms with Crippen LogP contribution in [0, 0.1) is 0 Å². The van der Waals surface area contributed by atoms with Gasteiger partial charge in [0.05, 0.1) is 22.1 Å². The molecular weight excluding hydrogens is 649 g/mol. The molecule has 10 N–H and O–H groups in total. The number of H-pyrrole nitrogens is 8. The maximum absolute atomic E-state index is 13.8. The number of urea groups is 1. The van der Waals surface area contributed by atoms with E-state index in [1.54, 1.807) is 0 Å². The third kappa shape index (κ3) is 5.98. The van der Waals surface area contributed by atoms with Crippen LogP contribution >= 0.6 is 0 Å². The number of fused-ring (bicyclic) bond motifs is 16. The SMILES string of the molecule is O=C(Nc1cc2[nH]c1=Cc1ccc([nH]1)C=c1ccc([nH]1)=Cc1ccc([nH]1)C=2)Nc1cc2[nH]c1=Cc1ccc([nH]1)C=c1ccc([nH]1)=Cc1ccc([nH]1)C=2. The zero-order valence-electron chi connectivity index (χ0n) is 27.6. The Hall–Kier alpha value is -7.53. The summed E-state index contributed by atoms with van der Waals surface area (Å²) < 4.78 is 0. The molecule has 2 aliphatic rings. The first kappa shape index (κ1) is 29.4. The van der Waals surface area contributed by atoms with Crippen molar-refractivity contribution in [2.24, 2.45) is 0 Å². The number of rotatable bonds is 2. The minimum absolute atomic E-state index is 0.378. The number of hydrogen-bond donors (Lipinski definition) is 10. The molecule has 11 heteroatoms. The number of anilines is 2. The molecule has 0 aliphatic carbocycles. The highest BCUT2D eigenvalue weighted by atomic mass is 16.2.